The Morgan fingerprint density at radius 1 is 1.14 bits per heavy atom. The fourth-order valence-electron chi connectivity index (χ4n) is 0. The summed E-state index contributed by atoms with van der Waals surface area (Å²) >= 11 is 9.53. The summed E-state index contributed by atoms with van der Waals surface area (Å²) in [4.78, 5) is 0. The fraction of sp³-hybridized carbons (Fsp3) is 0.200. The van der Waals surface area contributed by atoms with E-state index in [1.807, 2.05) is 0 Å². The van der Waals surface area contributed by atoms with Crippen molar-refractivity contribution in [2.45, 2.75) is 0 Å². The predicted molar refractivity (Wildman–Crippen MR) is 37.0 cm³/mol. The van der Waals surface area contributed by atoms with Gasteiger partial charge in [-0.2, -0.15) is 0 Å². The Morgan fingerprint density at radius 2 is 1.29 bits per heavy atom. The molecule has 0 saturated heterocycles. The van der Waals surface area contributed by atoms with Crippen molar-refractivity contribution < 1.29 is 0 Å². The molecule has 0 aliphatic heterocycles. The Morgan fingerprint density at radius 3 is 1.29 bits per heavy atom. The first-order valence-corrected chi connectivity index (χ1v) is 2.75. The molecule has 0 N–H and O–H groups in total. The normalized spacial score (nSPS) is 5.43. The van der Waals surface area contributed by atoms with E-state index < -0.39 is 0 Å². The Hall–Kier alpha value is 0.0600. The minimum Gasteiger partial charge on any atom is -0.109 e. The zero-order valence-corrected chi connectivity index (χ0v) is 5.54. The molecule has 0 bridgehead atoms. The van der Waals surface area contributed by atoms with Gasteiger partial charge in [0.1, 0.15) is 0 Å². The first kappa shape index (κ1) is 10.1. The maximum absolute atomic E-state index is 4.76. The Balaban J connectivity index is 0. The SMILES string of the molecule is C=CC=C.ClCCl. The van der Waals surface area contributed by atoms with Crippen molar-refractivity contribution in [3.8, 4) is 0 Å². The first-order chi connectivity index (χ1) is 3.33. The number of hydrogen-bond donors (Lipinski definition) is 0. The number of hydrogen-bond acceptors (Lipinski definition) is 0. The summed E-state index contributed by atoms with van der Waals surface area (Å²) in [5, 5.41) is 0.194. The molecule has 0 aromatic heterocycles. The average Bonchev–Trinajstić information content (AvgIpc) is 1.69. The molecule has 0 radical (unpaired) electrons. The molecule has 0 nitrogen and oxygen atoms in total. The highest BCUT2D eigenvalue weighted by molar-refractivity contribution is 6.40. The molecule has 0 aliphatic rings. The molecule has 0 fully saturated rings. The average molecular weight is 139 g/mol. The second-order valence-corrected chi connectivity index (χ2v) is 1.38. The third kappa shape index (κ3) is 88.9. The van der Waals surface area contributed by atoms with Gasteiger partial charge < -0.3 is 0 Å². The minimum absolute atomic E-state index is 0.194. The van der Waals surface area contributed by atoms with Crippen molar-refractivity contribution in [1.82, 2.24) is 0 Å². The summed E-state index contributed by atoms with van der Waals surface area (Å²) in [5.41, 5.74) is 0. The van der Waals surface area contributed by atoms with E-state index in [1.54, 1.807) is 12.2 Å². The van der Waals surface area contributed by atoms with Gasteiger partial charge >= 0.3 is 0 Å². The standard InChI is InChI=1S/C4H6.CH2Cl2/c1-3-4-2;2-1-3/h3-4H,1-2H2;1H2. The monoisotopic (exact) mass is 138 g/mol. The van der Waals surface area contributed by atoms with Gasteiger partial charge in [-0.1, -0.05) is 25.3 Å². The maximum Gasteiger partial charge on any atom is 0.0967 e. The second kappa shape index (κ2) is 16.6. The van der Waals surface area contributed by atoms with Gasteiger partial charge in [0.15, 0.2) is 0 Å². The van der Waals surface area contributed by atoms with Gasteiger partial charge in [-0.25, -0.2) is 0 Å². The zero-order valence-electron chi connectivity index (χ0n) is 4.03. The molecule has 0 spiro atoms. The van der Waals surface area contributed by atoms with E-state index >= 15 is 0 Å². The molecule has 0 aromatic carbocycles. The van der Waals surface area contributed by atoms with Crippen LogP contribution in [0.15, 0.2) is 25.3 Å². The number of rotatable bonds is 1. The first-order valence-electron chi connectivity index (χ1n) is 1.68. The van der Waals surface area contributed by atoms with Crippen LogP contribution >= 0.6 is 23.2 Å². The molecule has 0 rings (SSSR count). The lowest BCUT2D eigenvalue weighted by Crippen LogP contribution is -1.24. The summed E-state index contributed by atoms with van der Waals surface area (Å²) in [6.45, 7) is 6.72. The van der Waals surface area contributed by atoms with Crippen LogP contribution in [0.25, 0.3) is 0 Å². The fourth-order valence-corrected chi connectivity index (χ4v) is 0. The molecule has 0 aliphatic carbocycles. The van der Waals surface area contributed by atoms with E-state index in [0.717, 1.165) is 0 Å². The maximum atomic E-state index is 4.76. The lowest BCUT2D eigenvalue weighted by Gasteiger charge is -1.44. The predicted octanol–water partition coefficient (Wildman–Crippen LogP) is 2.78. The third-order valence-electron chi connectivity index (χ3n) is 0.167. The lowest BCUT2D eigenvalue weighted by atomic mass is 10.6. The van der Waals surface area contributed by atoms with E-state index in [9.17, 15) is 0 Å². The molecule has 2 heteroatoms. The van der Waals surface area contributed by atoms with Gasteiger partial charge in [0.2, 0.25) is 0 Å². The van der Waals surface area contributed by atoms with E-state index in [-0.39, 0.29) is 5.34 Å². The van der Waals surface area contributed by atoms with Gasteiger partial charge in [-0.15, -0.1) is 23.2 Å². The van der Waals surface area contributed by atoms with Crippen LogP contribution in [-0.4, -0.2) is 5.34 Å². The van der Waals surface area contributed by atoms with Gasteiger partial charge in [0.05, 0.1) is 5.34 Å². The zero-order chi connectivity index (χ0) is 6.12. The Kier molecular flexibility index (Phi) is 24.0. The molecular formula is C5H8Cl2. The summed E-state index contributed by atoms with van der Waals surface area (Å²) in [6.07, 6.45) is 3.28. The molecule has 0 atom stereocenters. The molecule has 42 valence electrons. The topological polar surface area (TPSA) is 0 Å². The number of alkyl halides is 2. The molecule has 0 aromatic rings. The molecule has 7 heavy (non-hydrogen) atoms. The Bertz CT molecular complexity index is 35.3. The molecular weight excluding hydrogens is 131 g/mol. The van der Waals surface area contributed by atoms with Crippen LogP contribution in [0.2, 0.25) is 0 Å². The van der Waals surface area contributed by atoms with Crippen molar-refractivity contribution in [3.05, 3.63) is 25.3 Å². The van der Waals surface area contributed by atoms with Crippen LogP contribution < -0.4 is 0 Å². The minimum atomic E-state index is 0.194. The number of allylic oxidation sites excluding steroid dienone is 2. The van der Waals surface area contributed by atoms with Crippen LogP contribution in [-0.2, 0) is 0 Å². The molecule has 0 unspecified atom stereocenters. The van der Waals surface area contributed by atoms with Gasteiger partial charge in [0.25, 0.3) is 0 Å². The second-order valence-electron chi connectivity index (χ2n) is 0.572. The molecule has 0 heterocycles. The van der Waals surface area contributed by atoms with E-state index in [4.69, 9.17) is 23.2 Å². The number of halogens is 2. The smallest absolute Gasteiger partial charge is 0.0967 e. The van der Waals surface area contributed by atoms with Crippen molar-refractivity contribution in [1.29, 1.82) is 0 Å². The highest BCUT2D eigenvalue weighted by atomic mass is 35.5. The van der Waals surface area contributed by atoms with E-state index in [0.29, 0.717) is 0 Å². The van der Waals surface area contributed by atoms with Gasteiger partial charge in [-0.3, -0.25) is 0 Å². The largest absolute Gasteiger partial charge is 0.109 e. The highest BCUT2D eigenvalue weighted by Gasteiger charge is 1.41. The highest BCUT2D eigenvalue weighted by Crippen LogP contribution is 1.73. The summed E-state index contributed by atoms with van der Waals surface area (Å²) < 4.78 is 0. The van der Waals surface area contributed by atoms with Gasteiger partial charge in [0, 0.05) is 0 Å². The van der Waals surface area contributed by atoms with Crippen molar-refractivity contribution in [2.75, 3.05) is 5.34 Å². The third-order valence-corrected chi connectivity index (χ3v) is 0.167. The van der Waals surface area contributed by atoms with Crippen LogP contribution in [0.3, 0.4) is 0 Å². The van der Waals surface area contributed by atoms with Crippen molar-refractivity contribution >= 4 is 23.2 Å². The lowest BCUT2D eigenvalue weighted by molar-refractivity contribution is 2.15. The van der Waals surface area contributed by atoms with Crippen LogP contribution in [0.4, 0.5) is 0 Å². The summed E-state index contributed by atoms with van der Waals surface area (Å²) in [7, 11) is 0. The Labute approximate surface area is 54.4 Å². The van der Waals surface area contributed by atoms with Crippen LogP contribution in [0.1, 0.15) is 0 Å². The van der Waals surface area contributed by atoms with Crippen molar-refractivity contribution in [3.63, 3.8) is 0 Å². The van der Waals surface area contributed by atoms with E-state index in [2.05, 4.69) is 13.2 Å². The van der Waals surface area contributed by atoms with Crippen molar-refractivity contribution in [2.24, 2.45) is 0 Å². The quantitative estimate of drug-likeness (QED) is 0.387. The van der Waals surface area contributed by atoms with Crippen LogP contribution in [0, 0.1) is 0 Å². The van der Waals surface area contributed by atoms with Gasteiger partial charge in [-0.05, 0) is 0 Å². The van der Waals surface area contributed by atoms with E-state index in [1.165, 1.54) is 0 Å². The van der Waals surface area contributed by atoms with Crippen LogP contribution in [0.5, 0.6) is 0 Å². The molecule has 0 saturated carbocycles. The molecule has 0 amide bonds. The summed E-state index contributed by atoms with van der Waals surface area (Å²) in [6, 6.07) is 0. The summed E-state index contributed by atoms with van der Waals surface area (Å²) in [5.74, 6) is 0.